The Morgan fingerprint density at radius 2 is 1.03 bits per heavy atom. The Bertz CT molecular complexity index is 3060. The van der Waals surface area contributed by atoms with Gasteiger partial charge in [0.1, 0.15) is 5.58 Å². The lowest BCUT2D eigenvalue weighted by Gasteiger charge is -2.48. The normalized spacial score (nSPS) is 18.9. The van der Waals surface area contributed by atoms with E-state index in [-0.39, 0.29) is 33.8 Å². The molecular weight excluding hydrogens is 751 g/mol. The molecule has 62 heavy (non-hydrogen) atoms. The lowest BCUT2D eigenvalue weighted by Crippen LogP contribution is -2.62. The maximum Gasteiger partial charge on any atom is 0.252 e. The molecule has 3 heterocycles. The van der Waals surface area contributed by atoms with Crippen LogP contribution in [0, 0.1) is 13.8 Å². The molecule has 0 atom stereocenters. The number of hydrogen-bond donors (Lipinski definition) is 0. The molecule has 2 aliphatic heterocycles. The fourth-order valence-electron chi connectivity index (χ4n) is 12.0. The average molecular weight is 815 g/mol. The van der Waals surface area contributed by atoms with E-state index in [0.717, 1.165) is 34.0 Å². The van der Waals surface area contributed by atoms with E-state index in [1.807, 2.05) is 0 Å². The first kappa shape index (κ1) is 39.6. The van der Waals surface area contributed by atoms with Gasteiger partial charge in [0.05, 0.1) is 5.69 Å². The zero-order valence-electron chi connectivity index (χ0n) is 39.4. The van der Waals surface area contributed by atoms with Gasteiger partial charge in [0.15, 0.2) is 5.58 Å². The minimum absolute atomic E-state index is 0.0179. The van der Waals surface area contributed by atoms with Crippen LogP contribution >= 0.6 is 0 Å². The molecule has 4 heteroatoms. The van der Waals surface area contributed by atoms with Crippen LogP contribution in [0.15, 0.2) is 101 Å². The van der Waals surface area contributed by atoms with Gasteiger partial charge < -0.3 is 14.2 Å². The van der Waals surface area contributed by atoms with Crippen molar-refractivity contribution in [3.8, 4) is 0 Å². The third-order valence-corrected chi connectivity index (χ3v) is 16.1. The molecule has 0 N–H and O–H groups in total. The number of furan rings is 1. The Hall–Kier alpha value is -5.22. The van der Waals surface area contributed by atoms with Crippen molar-refractivity contribution in [3.63, 3.8) is 0 Å². The van der Waals surface area contributed by atoms with Crippen LogP contribution in [0.5, 0.6) is 0 Å². The van der Waals surface area contributed by atoms with Crippen molar-refractivity contribution in [2.75, 3.05) is 9.80 Å². The van der Waals surface area contributed by atoms with Gasteiger partial charge in [-0.1, -0.05) is 131 Å². The van der Waals surface area contributed by atoms with Crippen molar-refractivity contribution in [1.82, 2.24) is 0 Å². The lowest BCUT2D eigenvalue weighted by atomic mass is 9.33. The number of aryl methyl sites for hydroxylation is 2. The van der Waals surface area contributed by atoms with Gasteiger partial charge in [0, 0.05) is 39.2 Å². The number of para-hydroxylation sites is 2. The molecule has 2 aliphatic carbocycles. The van der Waals surface area contributed by atoms with Crippen LogP contribution < -0.4 is 26.2 Å². The summed E-state index contributed by atoms with van der Waals surface area (Å²) in [6.45, 7) is 31.5. The quantitative estimate of drug-likeness (QED) is 0.162. The van der Waals surface area contributed by atoms with E-state index in [1.54, 1.807) is 0 Å². The van der Waals surface area contributed by atoms with Gasteiger partial charge in [0.2, 0.25) is 0 Å². The Kier molecular flexibility index (Phi) is 8.12. The average Bonchev–Trinajstić information content (AvgIpc) is 3.60. The molecule has 4 aliphatic rings. The SMILES string of the molecule is Cc1cc2c3c(c1)N(c1cccc4c1oc1ccccc14)c1cc4c(cc1B3c1cc(C(C)(C)C)ccc1N2c1cc2c(cc1C)C(C)(C)CCC2(C)C)C(C)(C)CCC4(C)C. The Balaban J connectivity index is 1.28. The maximum atomic E-state index is 6.93. The molecule has 0 saturated carbocycles. The summed E-state index contributed by atoms with van der Waals surface area (Å²) in [5, 5.41) is 2.31. The predicted octanol–water partition coefficient (Wildman–Crippen LogP) is 14.3. The molecule has 314 valence electrons. The molecule has 6 aromatic carbocycles. The van der Waals surface area contributed by atoms with Crippen LogP contribution in [0.4, 0.5) is 34.1 Å². The Morgan fingerprint density at radius 3 is 1.66 bits per heavy atom. The fourth-order valence-corrected chi connectivity index (χ4v) is 12.0. The highest BCUT2D eigenvalue weighted by molar-refractivity contribution is 7.00. The van der Waals surface area contributed by atoms with Crippen molar-refractivity contribution in [2.45, 2.75) is 143 Å². The predicted molar refractivity (Wildman–Crippen MR) is 266 cm³/mol. The van der Waals surface area contributed by atoms with Crippen LogP contribution in [0.1, 0.15) is 141 Å². The van der Waals surface area contributed by atoms with Gasteiger partial charge in [-0.2, -0.15) is 0 Å². The van der Waals surface area contributed by atoms with E-state index in [2.05, 4.69) is 197 Å². The Labute approximate surface area is 370 Å². The second-order valence-corrected chi connectivity index (χ2v) is 23.3. The van der Waals surface area contributed by atoms with E-state index in [1.165, 1.54) is 103 Å². The first-order chi connectivity index (χ1) is 29.2. The molecule has 1 aromatic heterocycles. The molecule has 3 nitrogen and oxygen atoms in total. The molecule has 0 bridgehead atoms. The van der Waals surface area contributed by atoms with Gasteiger partial charge in [-0.15, -0.1) is 0 Å². The van der Waals surface area contributed by atoms with Gasteiger partial charge in [0.25, 0.3) is 6.71 Å². The van der Waals surface area contributed by atoms with Gasteiger partial charge in [-0.05, 0) is 164 Å². The number of nitrogens with zero attached hydrogens (tertiary/aromatic N) is 2. The zero-order valence-corrected chi connectivity index (χ0v) is 39.4. The van der Waals surface area contributed by atoms with Gasteiger partial charge >= 0.3 is 0 Å². The highest BCUT2D eigenvalue weighted by atomic mass is 16.3. The van der Waals surface area contributed by atoms with E-state index in [0.29, 0.717) is 0 Å². The number of rotatable bonds is 2. The van der Waals surface area contributed by atoms with Crippen molar-refractivity contribution in [1.29, 1.82) is 0 Å². The summed E-state index contributed by atoms with van der Waals surface area (Å²) in [6, 6.07) is 38.1. The summed E-state index contributed by atoms with van der Waals surface area (Å²) in [6.07, 6.45) is 4.71. The highest BCUT2D eigenvalue weighted by Crippen LogP contribution is 2.54. The summed E-state index contributed by atoms with van der Waals surface area (Å²) in [5.74, 6) is 0. The van der Waals surface area contributed by atoms with Gasteiger partial charge in [-0.25, -0.2) is 0 Å². The first-order valence-electron chi connectivity index (χ1n) is 23.3. The minimum Gasteiger partial charge on any atom is -0.454 e. The summed E-state index contributed by atoms with van der Waals surface area (Å²) >= 11 is 0. The van der Waals surface area contributed by atoms with Crippen LogP contribution in [0.2, 0.25) is 0 Å². The molecule has 0 spiro atoms. The lowest BCUT2D eigenvalue weighted by molar-refractivity contribution is 0.332. The molecule has 0 amide bonds. The van der Waals surface area contributed by atoms with Crippen molar-refractivity contribution >= 4 is 79.2 Å². The molecule has 7 aromatic rings. The fraction of sp³-hybridized carbons (Fsp3) is 0.379. The first-order valence-corrected chi connectivity index (χ1v) is 23.3. The van der Waals surface area contributed by atoms with E-state index in [9.17, 15) is 0 Å². The van der Waals surface area contributed by atoms with Crippen LogP contribution in [-0.2, 0) is 27.1 Å². The second-order valence-electron chi connectivity index (χ2n) is 23.3. The molecule has 0 unspecified atom stereocenters. The molecular formula is C58H63BN2O. The standard InChI is InChI=1S/C58H63BN2O/c1-34-27-49-52-50(28-34)61(46-19-16-18-38-37-17-14-15-20-51(37)62-53(38)46)48-33-42-40(56(8,9)24-26-58(42,12)13)31-44(48)59(52)43-30-36(54(3,4)5)21-22-45(43)60(49)47-32-41-39(29-35(47)2)55(6,7)23-25-57(41,10)11/h14-22,27-33H,23-26H2,1-13H3. The van der Waals surface area contributed by atoms with Crippen molar-refractivity contribution < 1.29 is 4.42 Å². The third-order valence-electron chi connectivity index (χ3n) is 16.1. The summed E-state index contributed by atoms with van der Waals surface area (Å²) in [7, 11) is 0. The smallest absolute Gasteiger partial charge is 0.252 e. The maximum absolute atomic E-state index is 6.93. The monoisotopic (exact) mass is 815 g/mol. The number of fused-ring (bicyclic) bond motifs is 9. The van der Waals surface area contributed by atoms with E-state index in [4.69, 9.17) is 4.42 Å². The molecule has 0 fully saturated rings. The van der Waals surface area contributed by atoms with E-state index >= 15 is 0 Å². The second kappa shape index (κ2) is 12.7. The molecule has 0 radical (unpaired) electrons. The molecule has 11 rings (SSSR count). The number of hydrogen-bond acceptors (Lipinski definition) is 3. The topological polar surface area (TPSA) is 19.6 Å². The molecule has 0 saturated heterocycles. The third kappa shape index (κ3) is 5.56. The number of anilines is 6. The van der Waals surface area contributed by atoms with Crippen LogP contribution in [-0.4, -0.2) is 6.71 Å². The van der Waals surface area contributed by atoms with Gasteiger partial charge in [-0.3, -0.25) is 0 Å². The number of benzene rings is 6. The van der Waals surface area contributed by atoms with Crippen LogP contribution in [0.25, 0.3) is 21.9 Å². The minimum atomic E-state index is -0.0179. The summed E-state index contributed by atoms with van der Waals surface area (Å²) in [5.41, 5.74) is 23.7. The summed E-state index contributed by atoms with van der Waals surface area (Å²) < 4.78 is 6.93. The van der Waals surface area contributed by atoms with Crippen molar-refractivity contribution in [3.05, 3.63) is 136 Å². The summed E-state index contributed by atoms with van der Waals surface area (Å²) in [4.78, 5) is 5.26. The Morgan fingerprint density at radius 1 is 0.500 bits per heavy atom. The largest absolute Gasteiger partial charge is 0.454 e. The zero-order chi connectivity index (χ0) is 43.6. The highest BCUT2D eigenvalue weighted by Gasteiger charge is 2.48. The van der Waals surface area contributed by atoms with E-state index < -0.39 is 0 Å². The van der Waals surface area contributed by atoms with Crippen LogP contribution in [0.3, 0.4) is 0 Å². The van der Waals surface area contributed by atoms with Crippen molar-refractivity contribution in [2.24, 2.45) is 0 Å².